The second kappa shape index (κ2) is 3.71. The van der Waals surface area contributed by atoms with Crippen molar-refractivity contribution in [3.8, 4) is 0 Å². The van der Waals surface area contributed by atoms with Crippen molar-refractivity contribution in [3.63, 3.8) is 0 Å². The standard InChI is InChI=1S/C8HF3N2OS/c1-12-6-5(8(9,10)11)4(3-14)15-7(6)13-2/h3H. The summed E-state index contributed by atoms with van der Waals surface area (Å²) in [5.41, 5.74) is -2.09. The van der Waals surface area contributed by atoms with Gasteiger partial charge in [-0.05, 0) is 0 Å². The zero-order valence-corrected chi connectivity index (χ0v) is 7.74. The molecule has 0 atom stereocenters. The molecule has 0 aliphatic carbocycles. The van der Waals surface area contributed by atoms with E-state index >= 15 is 0 Å². The van der Waals surface area contributed by atoms with Gasteiger partial charge >= 0.3 is 6.18 Å². The maximum atomic E-state index is 12.4. The van der Waals surface area contributed by atoms with E-state index in [4.69, 9.17) is 13.1 Å². The molecule has 0 saturated heterocycles. The Bertz CT molecular complexity index is 490. The van der Waals surface area contributed by atoms with Gasteiger partial charge in [-0.3, -0.25) is 4.79 Å². The van der Waals surface area contributed by atoms with Crippen molar-refractivity contribution in [3.05, 3.63) is 33.3 Å². The van der Waals surface area contributed by atoms with Crippen molar-refractivity contribution >= 4 is 28.3 Å². The van der Waals surface area contributed by atoms with E-state index in [1.54, 1.807) is 0 Å². The first-order valence-electron chi connectivity index (χ1n) is 3.39. The number of carbonyl (C=O) groups is 1. The average Bonchev–Trinajstić information content (AvgIpc) is 2.54. The van der Waals surface area contributed by atoms with Gasteiger partial charge in [0, 0.05) is 0 Å². The molecule has 1 aromatic heterocycles. The average molecular weight is 230 g/mol. The highest BCUT2D eigenvalue weighted by molar-refractivity contribution is 7.18. The molecule has 0 radical (unpaired) electrons. The van der Waals surface area contributed by atoms with Crippen LogP contribution in [0, 0.1) is 13.1 Å². The van der Waals surface area contributed by atoms with Crippen molar-refractivity contribution in [2.45, 2.75) is 6.18 Å². The Morgan fingerprint density at radius 2 is 1.87 bits per heavy atom. The van der Waals surface area contributed by atoms with Crippen molar-refractivity contribution in [1.82, 2.24) is 0 Å². The second-order valence-electron chi connectivity index (χ2n) is 2.33. The molecule has 0 unspecified atom stereocenters. The number of rotatable bonds is 1. The third kappa shape index (κ3) is 1.83. The maximum Gasteiger partial charge on any atom is 0.407 e. The topological polar surface area (TPSA) is 25.8 Å². The highest BCUT2D eigenvalue weighted by Gasteiger charge is 2.39. The molecule has 0 aromatic carbocycles. The van der Waals surface area contributed by atoms with Gasteiger partial charge < -0.3 is 0 Å². The van der Waals surface area contributed by atoms with Crippen LogP contribution in [0.1, 0.15) is 15.2 Å². The lowest BCUT2D eigenvalue weighted by Gasteiger charge is -2.05. The normalized spacial score (nSPS) is 10.5. The fourth-order valence-electron chi connectivity index (χ4n) is 0.964. The highest BCUT2D eigenvalue weighted by Crippen LogP contribution is 2.49. The van der Waals surface area contributed by atoms with Crippen LogP contribution in [-0.4, -0.2) is 6.29 Å². The minimum Gasteiger partial charge on any atom is -0.297 e. The van der Waals surface area contributed by atoms with Crippen LogP contribution in [0.4, 0.5) is 23.9 Å². The van der Waals surface area contributed by atoms with Crippen molar-refractivity contribution in [2.75, 3.05) is 0 Å². The number of halogens is 3. The summed E-state index contributed by atoms with van der Waals surface area (Å²) < 4.78 is 37.3. The van der Waals surface area contributed by atoms with Gasteiger partial charge in [-0.25, -0.2) is 9.69 Å². The molecular weight excluding hydrogens is 229 g/mol. The molecule has 15 heavy (non-hydrogen) atoms. The van der Waals surface area contributed by atoms with E-state index in [1.807, 2.05) is 0 Å². The quantitative estimate of drug-likeness (QED) is 0.533. The van der Waals surface area contributed by atoms with E-state index in [0.717, 1.165) is 0 Å². The van der Waals surface area contributed by atoms with E-state index in [0.29, 0.717) is 11.3 Å². The second-order valence-corrected chi connectivity index (χ2v) is 3.36. The summed E-state index contributed by atoms with van der Waals surface area (Å²) in [5.74, 6) is 0. The zero-order valence-electron chi connectivity index (χ0n) is 6.92. The van der Waals surface area contributed by atoms with Crippen LogP contribution >= 0.6 is 11.3 Å². The van der Waals surface area contributed by atoms with Crippen molar-refractivity contribution in [2.24, 2.45) is 0 Å². The molecule has 0 bridgehead atoms. The van der Waals surface area contributed by atoms with Crippen LogP contribution in [0.3, 0.4) is 0 Å². The molecule has 1 heterocycles. The molecule has 3 nitrogen and oxygen atoms in total. The monoisotopic (exact) mass is 230 g/mol. The summed E-state index contributed by atoms with van der Waals surface area (Å²) in [5, 5.41) is -0.403. The van der Waals surface area contributed by atoms with Crippen LogP contribution in [0.25, 0.3) is 9.69 Å². The van der Waals surface area contributed by atoms with Crippen LogP contribution in [-0.2, 0) is 6.18 Å². The van der Waals surface area contributed by atoms with Gasteiger partial charge in [0.25, 0.3) is 0 Å². The smallest absolute Gasteiger partial charge is 0.297 e. The third-order valence-electron chi connectivity index (χ3n) is 1.50. The Labute approximate surface area is 86.4 Å². The maximum absolute atomic E-state index is 12.4. The predicted octanol–water partition coefficient (Wildman–Crippen LogP) is 3.68. The first-order chi connectivity index (χ1) is 6.95. The Hall–Kier alpha value is -1.86. The summed E-state index contributed by atoms with van der Waals surface area (Å²) in [6.45, 7) is 13.2. The lowest BCUT2D eigenvalue weighted by atomic mass is 10.2. The lowest BCUT2D eigenvalue weighted by molar-refractivity contribution is -0.136. The Kier molecular flexibility index (Phi) is 2.78. The number of aldehydes is 1. The molecular formula is C8HF3N2OS. The summed E-state index contributed by atoms with van der Waals surface area (Å²) in [6.07, 6.45) is -4.77. The lowest BCUT2D eigenvalue weighted by Crippen LogP contribution is -2.06. The van der Waals surface area contributed by atoms with Crippen LogP contribution in [0.5, 0.6) is 0 Å². The van der Waals surface area contributed by atoms with Crippen LogP contribution < -0.4 is 0 Å². The van der Waals surface area contributed by atoms with E-state index < -0.39 is 27.3 Å². The fourth-order valence-corrected chi connectivity index (χ4v) is 1.82. The number of hydrogen-bond donors (Lipinski definition) is 0. The molecule has 0 aliphatic rings. The van der Waals surface area contributed by atoms with E-state index in [9.17, 15) is 18.0 Å². The number of hydrogen-bond acceptors (Lipinski definition) is 2. The molecule has 0 amide bonds. The van der Waals surface area contributed by atoms with Crippen LogP contribution in [0.2, 0.25) is 0 Å². The number of carbonyl (C=O) groups excluding carboxylic acids is 1. The number of thiophene rings is 1. The first kappa shape index (κ1) is 11.2. The van der Waals surface area contributed by atoms with Crippen molar-refractivity contribution < 1.29 is 18.0 Å². The number of nitrogens with zero attached hydrogens (tertiary/aromatic N) is 2. The third-order valence-corrected chi connectivity index (χ3v) is 2.49. The van der Waals surface area contributed by atoms with Gasteiger partial charge in [0.15, 0.2) is 6.29 Å². The van der Waals surface area contributed by atoms with Gasteiger partial charge in [-0.15, -0.1) is 0 Å². The van der Waals surface area contributed by atoms with Gasteiger partial charge in [-0.1, -0.05) is 0 Å². The zero-order chi connectivity index (χ0) is 11.6. The summed E-state index contributed by atoms with van der Waals surface area (Å²) in [7, 11) is 0. The van der Waals surface area contributed by atoms with Gasteiger partial charge in [0.1, 0.15) is 0 Å². The van der Waals surface area contributed by atoms with Gasteiger partial charge in [0.05, 0.1) is 23.6 Å². The molecule has 0 fully saturated rings. The summed E-state index contributed by atoms with van der Waals surface area (Å²) >= 11 is 0.382. The van der Waals surface area contributed by atoms with Gasteiger partial charge in [-0.2, -0.15) is 24.5 Å². The molecule has 1 aromatic rings. The molecule has 0 spiro atoms. The predicted molar refractivity (Wildman–Crippen MR) is 47.2 cm³/mol. The minimum absolute atomic E-state index is 0.0108. The molecule has 0 aliphatic heterocycles. The molecule has 76 valence electrons. The summed E-state index contributed by atoms with van der Waals surface area (Å²) in [6, 6.07) is 0. The Morgan fingerprint density at radius 3 is 2.20 bits per heavy atom. The molecule has 7 heteroatoms. The van der Waals surface area contributed by atoms with E-state index in [-0.39, 0.29) is 6.29 Å². The molecule has 0 saturated carbocycles. The van der Waals surface area contributed by atoms with Gasteiger partial charge in [0.2, 0.25) is 10.7 Å². The molecule has 1 rings (SSSR count). The van der Waals surface area contributed by atoms with E-state index in [1.165, 1.54) is 0 Å². The van der Waals surface area contributed by atoms with E-state index in [2.05, 4.69) is 9.69 Å². The minimum atomic E-state index is -4.78. The highest BCUT2D eigenvalue weighted by atomic mass is 32.1. The fraction of sp³-hybridized carbons (Fsp3) is 0.125. The molecule has 0 N–H and O–H groups in total. The first-order valence-corrected chi connectivity index (χ1v) is 4.21. The summed E-state index contributed by atoms with van der Waals surface area (Å²) in [4.78, 5) is 15.2. The Balaban J connectivity index is 3.63. The van der Waals surface area contributed by atoms with Crippen molar-refractivity contribution in [1.29, 1.82) is 0 Å². The SMILES string of the molecule is [C-]#[N+]c1sc(C=O)c(C(F)(F)F)c1[N+]#[C-]. The number of alkyl halides is 3. The largest absolute Gasteiger partial charge is 0.407 e. The van der Waals surface area contributed by atoms with Crippen LogP contribution in [0.15, 0.2) is 0 Å². The Morgan fingerprint density at radius 1 is 1.27 bits per heavy atom.